The molecule has 2 aromatic carbocycles. The van der Waals surface area contributed by atoms with Gasteiger partial charge in [0.1, 0.15) is 17.6 Å². The smallest absolute Gasteiger partial charge is 0.130 e. The predicted octanol–water partition coefficient (Wildman–Crippen LogP) is 3.55. The lowest BCUT2D eigenvalue weighted by Gasteiger charge is -2.15. The monoisotopic (exact) mass is 284 g/mol. The number of fused-ring (bicyclic) bond motifs is 1. The number of benzene rings is 2. The Kier molecular flexibility index (Phi) is 3.84. The van der Waals surface area contributed by atoms with Gasteiger partial charge < -0.3 is 14.9 Å². The molecule has 0 amide bonds. The van der Waals surface area contributed by atoms with E-state index in [0.717, 1.165) is 24.2 Å². The molecule has 3 nitrogen and oxygen atoms in total. The molecule has 2 atom stereocenters. The van der Waals surface area contributed by atoms with Crippen molar-refractivity contribution >= 4 is 0 Å². The maximum atomic E-state index is 9.40. The average Bonchev–Trinajstić information content (AvgIpc) is 2.83. The van der Waals surface area contributed by atoms with Crippen LogP contribution in [0.5, 0.6) is 11.5 Å². The Balaban J connectivity index is 1.84. The Morgan fingerprint density at radius 1 is 1.10 bits per heavy atom. The fraction of sp³-hybridized carbons (Fsp3) is 0.333. The molecule has 0 aliphatic carbocycles. The van der Waals surface area contributed by atoms with Crippen LogP contribution < -0.4 is 4.74 Å². The minimum Gasteiger partial charge on any atom is -0.508 e. The van der Waals surface area contributed by atoms with Crippen molar-refractivity contribution in [2.24, 2.45) is 0 Å². The summed E-state index contributed by atoms with van der Waals surface area (Å²) < 4.78 is 6.07. The lowest BCUT2D eigenvalue weighted by molar-refractivity contribution is 0.216. The molecule has 2 aromatic rings. The van der Waals surface area contributed by atoms with Crippen LogP contribution in [0.4, 0.5) is 0 Å². The molecular formula is C18H20O3. The van der Waals surface area contributed by atoms with Gasteiger partial charge in [0.2, 0.25) is 0 Å². The molecule has 2 N–H and O–H groups in total. The van der Waals surface area contributed by atoms with Crippen LogP contribution in [0.25, 0.3) is 0 Å². The Morgan fingerprint density at radius 3 is 2.57 bits per heavy atom. The fourth-order valence-electron chi connectivity index (χ4n) is 2.92. The molecule has 110 valence electrons. The van der Waals surface area contributed by atoms with E-state index in [2.05, 4.69) is 19.1 Å². The topological polar surface area (TPSA) is 49.7 Å². The minimum atomic E-state index is -0.00584. The predicted molar refractivity (Wildman–Crippen MR) is 81.7 cm³/mol. The lowest BCUT2D eigenvalue weighted by Crippen LogP contribution is -2.06. The molecule has 0 saturated heterocycles. The first kappa shape index (κ1) is 14.0. The zero-order chi connectivity index (χ0) is 14.8. The number of aliphatic hydroxyl groups is 1. The molecule has 0 aromatic heterocycles. The second-order valence-corrected chi connectivity index (χ2v) is 5.62. The van der Waals surface area contributed by atoms with Crippen LogP contribution in [-0.4, -0.2) is 16.8 Å². The van der Waals surface area contributed by atoms with Crippen LogP contribution >= 0.6 is 0 Å². The van der Waals surface area contributed by atoms with Crippen molar-refractivity contribution in [2.75, 3.05) is 6.61 Å². The van der Waals surface area contributed by atoms with E-state index in [1.165, 1.54) is 11.1 Å². The number of phenolic OH excluding ortho intramolecular Hbond substituents is 1. The zero-order valence-electron chi connectivity index (χ0n) is 12.1. The molecule has 0 bridgehead atoms. The van der Waals surface area contributed by atoms with Crippen LogP contribution in [0, 0.1) is 0 Å². The van der Waals surface area contributed by atoms with Gasteiger partial charge in [-0.05, 0) is 42.2 Å². The van der Waals surface area contributed by atoms with Gasteiger partial charge in [-0.3, -0.25) is 0 Å². The van der Waals surface area contributed by atoms with Crippen molar-refractivity contribution in [3.63, 3.8) is 0 Å². The molecule has 3 heteroatoms. The van der Waals surface area contributed by atoms with Crippen molar-refractivity contribution in [1.29, 1.82) is 0 Å². The molecule has 1 aliphatic rings. The molecule has 1 aliphatic heterocycles. The van der Waals surface area contributed by atoms with Crippen LogP contribution in [0.1, 0.15) is 42.1 Å². The first-order valence-corrected chi connectivity index (χ1v) is 7.38. The molecule has 0 fully saturated rings. The van der Waals surface area contributed by atoms with Gasteiger partial charge in [-0.25, -0.2) is 0 Å². The van der Waals surface area contributed by atoms with Crippen LogP contribution in [0.15, 0.2) is 42.5 Å². The molecule has 21 heavy (non-hydrogen) atoms. The molecule has 0 spiro atoms. The van der Waals surface area contributed by atoms with Crippen LogP contribution in [0.3, 0.4) is 0 Å². The summed E-state index contributed by atoms with van der Waals surface area (Å²) in [6.07, 6.45) is 1.67. The van der Waals surface area contributed by atoms with Crippen molar-refractivity contribution in [2.45, 2.75) is 31.8 Å². The van der Waals surface area contributed by atoms with Crippen molar-refractivity contribution in [3.05, 3.63) is 59.2 Å². The van der Waals surface area contributed by atoms with Gasteiger partial charge >= 0.3 is 0 Å². The Labute approximate surface area is 124 Å². The summed E-state index contributed by atoms with van der Waals surface area (Å²) >= 11 is 0. The van der Waals surface area contributed by atoms with E-state index < -0.39 is 0 Å². The Morgan fingerprint density at radius 2 is 1.86 bits per heavy atom. The second kappa shape index (κ2) is 5.78. The SMILES string of the molecule is C[C@@H]1c2cc(CCCO)ccc2O[C@H]1c1ccc(O)cc1. The maximum Gasteiger partial charge on any atom is 0.130 e. The number of aromatic hydroxyl groups is 1. The number of rotatable bonds is 4. The third-order valence-corrected chi connectivity index (χ3v) is 4.12. The highest BCUT2D eigenvalue weighted by Gasteiger charge is 2.32. The van der Waals surface area contributed by atoms with Gasteiger partial charge in [-0.1, -0.05) is 31.2 Å². The maximum absolute atomic E-state index is 9.40. The average molecular weight is 284 g/mol. The summed E-state index contributed by atoms with van der Waals surface area (Å²) in [5.74, 6) is 1.49. The third kappa shape index (κ3) is 2.74. The fourth-order valence-corrected chi connectivity index (χ4v) is 2.92. The minimum absolute atomic E-state index is 0.00584. The van der Waals surface area contributed by atoms with Gasteiger partial charge in [0.25, 0.3) is 0 Å². The van der Waals surface area contributed by atoms with E-state index in [-0.39, 0.29) is 24.4 Å². The summed E-state index contributed by atoms with van der Waals surface area (Å²) in [5, 5.41) is 18.3. The summed E-state index contributed by atoms with van der Waals surface area (Å²) in [6.45, 7) is 2.39. The number of phenols is 1. The van der Waals surface area contributed by atoms with Gasteiger partial charge in [-0.15, -0.1) is 0 Å². The number of hydrogen-bond acceptors (Lipinski definition) is 3. The zero-order valence-corrected chi connectivity index (χ0v) is 12.1. The number of hydrogen-bond donors (Lipinski definition) is 2. The van der Waals surface area contributed by atoms with Crippen molar-refractivity contribution in [1.82, 2.24) is 0 Å². The van der Waals surface area contributed by atoms with Gasteiger partial charge in [-0.2, -0.15) is 0 Å². The van der Waals surface area contributed by atoms with E-state index in [1.54, 1.807) is 12.1 Å². The quantitative estimate of drug-likeness (QED) is 0.902. The Hall–Kier alpha value is -2.00. The summed E-state index contributed by atoms with van der Waals surface area (Å²) in [6, 6.07) is 13.5. The summed E-state index contributed by atoms with van der Waals surface area (Å²) in [4.78, 5) is 0. The van der Waals surface area contributed by atoms with Gasteiger partial charge in [0.05, 0.1) is 0 Å². The first-order chi connectivity index (χ1) is 10.2. The van der Waals surface area contributed by atoms with Crippen LogP contribution in [-0.2, 0) is 6.42 Å². The van der Waals surface area contributed by atoms with E-state index in [9.17, 15) is 5.11 Å². The molecule has 3 rings (SSSR count). The molecule has 0 radical (unpaired) electrons. The molecule has 0 unspecified atom stereocenters. The van der Waals surface area contributed by atoms with E-state index >= 15 is 0 Å². The highest BCUT2D eigenvalue weighted by molar-refractivity contribution is 5.45. The number of aryl methyl sites for hydroxylation is 1. The largest absolute Gasteiger partial charge is 0.508 e. The first-order valence-electron chi connectivity index (χ1n) is 7.38. The third-order valence-electron chi connectivity index (χ3n) is 4.12. The lowest BCUT2D eigenvalue weighted by atomic mass is 9.91. The van der Waals surface area contributed by atoms with Crippen molar-refractivity contribution < 1.29 is 14.9 Å². The van der Waals surface area contributed by atoms with E-state index in [4.69, 9.17) is 9.84 Å². The highest BCUT2D eigenvalue weighted by Crippen LogP contribution is 2.46. The van der Waals surface area contributed by atoms with E-state index in [1.807, 2.05) is 18.2 Å². The normalized spacial score (nSPS) is 20.1. The number of aliphatic hydroxyl groups excluding tert-OH is 1. The standard InChI is InChI=1S/C18H20O3/c1-12-16-11-13(3-2-10-19)4-9-17(16)21-18(12)14-5-7-15(20)8-6-14/h4-9,11-12,18-20H,2-3,10H2,1H3/t12-,18-/m1/s1. The molecular weight excluding hydrogens is 264 g/mol. The summed E-state index contributed by atoms with van der Waals surface area (Å²) in [7, 11) is 0. The van der Waals surface area contributed by atoms with Crippen molar-refractivity contribution in [3.8, 4) is 11.5 Å². The van der Waals surface area contributed by atoms with Gasteiger partial charge in [0, 0.05) is 18.1 Å². The molecule has 1 heterocycles. The highest BCUT2D eigenvalue weighted by atomic mass is 16.5. The van der Waals surface area contributed by atoms with Gasteiger partial charge in [0.15, 0.2) is 0 Å². The van der Waals surface area contributed by atoms with E-state index in [0.29, 0.717) is 0 Å². The Bertz CT molecular complexity index is 619. The number of ether oxygens (including phenoxy) is 1. The molecule has 0 saturated carbocycles. The van der Waals surface area contributed by atoms with Crippen LogP contribution in [0.2, 0.25) is 0 Å². The summed E-state index contributed by atoms with van der Waals surface area (Å²) in [5.41, 5.74) is 3.54. The second-order valence-electron chi connectivity index (χ2n) is 5.62.